The number of aromatic nitrogens is 1. The zero-order valence-corrected chi connectivity index (χ0v) is 7.56. The van der Waals surface area contributed by atoms with Crippen molar-refractivity contribution in [2.75, 3.05) is 13.7 Å². The molecule has 0 aliphatic carbocycles. The fourth-order valence-electron chi connectivity index (χ4n) is 0.747. The Bertz CT molecular complexity index is 272. The van der Waals surface area contributed by atoms with Gasteiger partial charge in [0.1, 0.15) is 0 Å². The second-order valence-electron chi connectivity index (χ2n) is 2.16. The molecule has 12 heavy (non-hydrogen) atoms. The topological polar surface area (TPSA) is 65.2 Å². The molecule has 0 unspecified atom stereocenters. The molecule has 2 N–H and O–H groups in total. The van der Waals surface area contributed by atoms with Crippen LogP contribution in [0.5, 0.6) is 0 Å². The molecule has 5 heteroatoms. The van der Waals surface area contributed by atoms with E-state index in [0.29, 0.717) is 11.6 Å². The van der Waals surface area contributed by atoms with Crippen molar-refractivity contribution in [3.63, 3.8) is 0 Å². The largest absolute Gasteiger partial charge is 0.464 e. The monoisotopic (exact) mass is 186 g/mol. The molecule has 0 spiro atoms. The van der Waals surface area contributed by atoms with Crippen LogP contribution in [0.25, 0.3) is 0 Å². The van der Waals surface area contributed by atoms with Crippen molar-refractivity contribution >= 4 is 17.3 Å². The zero-order chi connectivity index (χ0) is 8.97. The van der Waals surface area contributed by atoms with Gasteiger partial charge in [0.15, 0.2) is 0 Å². The standard InChI is InChI=1S/C7H10N2O2S/c1-11-7(10)6-9-4-5(12-6)2-3-8/h4H,2-3,8H2,1H3. The van der Waals surface area contributed by atoms with Crippen LogP contribution in [0.1, 0.15) is 14.7 Å². The molecule has 0 bridgehead atoms. The van der Waals surface area contributed by atoms with E-state index in [1.54, 1.807) is 6.20 Å². The first-order valence-corrected chi connectivity index (χ1v) is 4.32. The van der Waals surface area contributed by atoms with Crippen LogP contribution in [0, 0.1) is 0 Å². The number of ether oxygens (including phenoxy) is 1. The van der Waals surface area contributed by atoms with Crippen molar-refractivity contribution in [3.8, 4) is 0 Å². The summed E-state index contributed by atoms with van der Waals surface area (Å²) in [7, 11) is 1.34. The molecule has 1 heterocycles. The average Bonchev–Trinajstić information content (AvgIpc) is 2.52. The van der Waals surface area contributed by atoms with Gasteiger partial charge in [-0.2, -0.15) is 0 Å². The van der Waals surface area contributed by atoms with E-state index < -0.39 is 0 Å². The third-order valence-electron chi connectivity index (χ3n) is 1.30. The highest BCUT2D eigenvalue weighted by molar-refractivity contribution is 7.13. The van der Waals surface area contributed by atoms with E-state index in [-0.39, 0.29) is 5.97 Å². The number of hydrogen-bond donors (Lipinski definition) is 1. The maximum atomic E-state index is 10.9. The zero-order valence-electron chi connectivity index (χ0n) is 6.74. The minimum absolute atomic E-state index is 0.386. The molecular formula is C7H10N2O2S. The van der Waals surface area contributed by atoms with Gasteiger partial charge in [0.05, 0.1) is 7.11 Å². The summed E-state index contributed by atoms with van der Waals surface area (Å²) in [6.07, 6.45) is 2.42. The maximum absolute atomic E-state index is 10.9. The fraction of sp³-hybridized carbons (Fsp3) is 0.429. The molecule has 0 radical (unpaired) electrons. The summed E-state index contributed by atoms with van der Waals surface area (Å²) in [5, 5.41) is 0.390. The third kappa shape index (κ3) is 2.02. The van der Waals surface area contributed by atoms with E-state index in [1.165, 1.54) is 18.4 Å². The lowest BCUT2D eigenvalue weighted by molar-refractivity contribution is 0.0600. The van der Waals surface area contributed by atoms with Gasteiger partial charge in [-0.3, -0.25) is 0 Å². The quantitative estimate of drug-likeness (QED) is 0.695. The number of rotatable bonds is 3. The lowest BCUT2D eigenvalue weighted by atomic mass is 10.4. The highest BCUT2D eigenvalue weighted by atomic mass is 32.1. The summed E-state index contributed by atoms with van der Waals surface area (Å²) in [6.45, 7) is 0.572. The van der Waals surface area contributed by atoms with Crippen molar-refractivity contribution in [2.45, 2.75) is 6.42 Å². The van der Waals surface area contributed by atoms with E-state index in [1.807, 2.05) is 0 Å². The highest BCUT2D eigenvalue weighted by Crippen LogP contribution is 2.13. The maximum Gasteiger partial charge on any atom is 0.367 e. The molecule has 66 valence electrons. The van der Waals surface area contributed by atoms with Gasteiger partial charge < -0.3 is 10.5 Å². The molecule has 0 aliphatic heterocycles. The second kappa shape index (κ2) is 4.18. The Balaban J connectivity index is 2.70. The summed E-state index contributed by atoms with van der Waals surface area (Å²) in [6, 6.07) is 0. The van der Waals surface area contributed by atoms with E-state index in [9.17, 15) is 4.79 Å². The minimum atomic E-state index is -0.386. The summed E-state index contributed by atoms with van der Waals surface area (Å²) in [4.78, 5) is 15.8. The predicted molar refractivity (Wildman–Crippen MR) is 46.2 cm³/mol. The minimum Gasteiger partial charge on any atom is -0.464 e. The number of methoxy groups -OCH3 is 1. The summed E-state index contributed by atoms with van der Waals surface area (Å²) in [5.74, 6) is -0.386. The van der Waals surface area contributed by atoms with Crippen molar-refractivity contribution in [3.05, 3.63) is 16.1 Å². The predicted octanol–water partition coefficient (Wildman–Crippen LogP) is 0.431. The first-order chi connectivity index (χ1) is 5.77. The fourth-order valence-corrected chi connectivity index (χ4v) is 1.59. The van der Waals surface area contributed by atoms with Gasteiger partial charge in [-0.05, 0) is 13.0 Å². The summed E-state index contributed by atoms with van der Waals surface area (Å²) < 4.78 is 4.51. The number of thiazole rings is 1. The Morgan fingerprint density at radius 2 is 2.58 bits per heavy atom. The van der Waals surface area contributed by atoms with Crippen LogP contribution in [0.3, 0.4) is 0 Å². The van der Waals surface area contributed by atoms with Crippen LogP contribution >= 0.6 is 11.3 Å². The van der Waals surface area contributed by atoms with E-state index in [4.69, 9.17) is 5.73 Å². The molecular weight excluding hydrogens is 176 g/mol. The van der Waals surface area contributed by atoms with Gasteiger partial charge >= 0.3 is 5.97 Å². The van der Waals surface area contributed by atoms with E-state index in [2.05, 4.69) is 9.72 Å². The molecule has 1 aromatic rings. The van der Waals surface area contributed by atoms with Crippen LogP contribution in [0.2, 0.25) is 0 Å². The number of esters is 1. The summed E-state index contributed by atoms with van der Waals surface area (Å²) >= 11 is 1.32. The average molecular weight is 186 g/mol. The lowest BCUT2D eigenvalue weighted by Gasteiger charge is -1.90. The van der Waals surface area contributed by atoms with E-state index >= 15 is 0 Å². The second-order valence-corrected chi connectivity index (χ2v) is 3.28. The molecule has 0 amide bonds. The molecule has 0 aromatic carbocycles. The Morgan fingerprint density at radius 3 is 3.17 bits per heavy atom. The van der Waals surface area contributed by atoms with Crippen LogP contribution in [-0.2, 0) is 11.2 Å². The molecule has 0 saturated carbocycles. The Kier molecular flexibility index (Phi) is 3.19. The van der Waals surface area contributed by atoms with Crippen molar-refractivity contribution in [2.24, 2.45) is 5.73 Å². The SMILES string of the molecule is COC(=O)c1ncc(CCN)s1. The molecule has 4 nitrogen and oxygen atoms in total. The number of carbonyl (C=O) groups excluding carboxylic acids is 1. The molecule has 1 rings (SSSR count). The van der Waals surface area contributed by atoms with Crippen LogP contribution < -0.4 is 5.73 Å². The third-order valence-corrected chi connectivity index (χ3v) is 2.34. The normalized spacial score (nSPS) is 9.83. The van der Waals surface area contributed by atoms with Gasteiger partial charge in [-0.15, -0.1) is 11.3 Å². The van der Waals surface area contributed by atoms with Crippen molar-refractivity contribution < 1.29 is 9.53 Å². The van der Waals surface area contributed by atoms with Gasteiger partial charge in [-0.1, -0.05) is 0 Å². The summed E-state index contributed by atoms with van der Waals surface area (Å²) in [5.41, 5.74) is 5.34. The first kappa shape index (κ1) is 9.15. The molecule has 0 fully saturated rings. The first-order valence-electron chi connectivity index (χ1n) is 3.51. The number of nitrogens with two attached hydrogens (primary N) is 1. The highest BCUT2D eigenvalue weighted by Gasteiger charge is 2.09. The van der Waals surface area contributed by atoms with Crippen LogP contribution in [-0.4, -0.2) is 24.6 Å². The Morgan fingerprint density at radius 1 is 1.83 bits per heavy atom. The molecule has 0 aliphatic rings. The van der Waals surface area contributed by atoms with Gasteiger partial charge in [0, 0.05) is 11.1 Å². The Labute approximate surface area is 74.4 Å². The van der Waals surface area contributed by atoms with Gasteiger partial charge in [-0.25, -0.2) is 9.78 Å². The van der Waals surface area contributed by atoms with Crippen molar-refractivity contribution in [1.29, 1.82) is 0 Å². The van der Waals surface area contributed by atoms with Crippen molar-refractivity contribution in [1.82, 2.24) is 4.98 Å². The molecule has 0 saturated heterocycles. The van der Waals surface area contributed by atoms with E-state index in [0.717, 1.165) is 11.3 Å². The number of carbonyl (C=O) groups is 1. The Hall–Kier alpha value is -0.940. The van der Waals surface area contributed by atoms with Gasteiger partial charge in [0.25, 0.3) is 0 Å². The van der Waals surface area contributed by atoms with Crippen LogP contribution in [0.15, 0.2) is 6.20 Å². The lowest BCUT2D eigenvalue weighted by Crippen LogP contribution is -2.00. The smallest absolute Gasteiger partial charge is 0.367 e. The molecule has 1 aromatic heterocycles. The molecule has 0 atom stereocenters. The van der Waals surface area contributed by atoms with Gasteiger partial charge in [0.2, 0.25) is 5.01 Å². The number of nitrogens with zero attached hydrogens (tertiary/aromatic N) is 1. The van der Waals surface area contributed by atoms with Crippen LogP contribution in [0.4, 0.5) is 0 Å². The number of hydrogen-bond acceptors (Lipinski definition) is 5.